The lowest BCUT2D eigenvalue weighted by atomic mass is 10.1. The predicted octanol–water partition coefficient (Wildman–Crippen LogP) is 1.15. The molecule has 13 heteroatoms. The van der Waals surface area contributed by atoms with Crippen molar-refractivity contribution < 1.29 is 34.8 Å². The molecule has 0 aliphatic carbocycles. The minimum Gasteiger partial charge on any atom is -0.300 e. The molecule has 20 heavy (non-hydrogen) atoms. The number of primary sulfonamides is 1. The number of sulfonamides is 1. The fraction of sp³-hybridized carbons (Fsp3) is 0.714. The minimum absolute atomic E-state index is 0.168. The van der Waals surface area contributed by atoms with Crippen molar-refractivity contribution in [1.82, 2.24) is 14.8 Å². The third-order valence-corrected chi connectivity index (χ3v) is 3.04. The van der Waals surface area contributed by atoms with Crippen molar-refractivity contribution in [3.05, 3.63) is 5.82 Å². The van der Waals surface area contributed by atoms with Crippen molar-refractivity contribution in [3.8, 4) is 0 Å². The third-order valence-electron chi connectivity index (χ3n) is 2.23. The molecule has 0 amide bonds. The summed E-state index contributed by atoms with van der Waals surface area (Å²) in [5.41, 5.74) is 0. The molecule has 0 bridgehead atoms. The number of alkyl halides is 6. The highest BCUT2D eigenvalue weighted by molar-refractivity contribution is 7.89. The molecule has 0 atom stereocenters. The lowest BCUT2D eigenvalue weighted by molar-refractivity contribution is -0.256. The van der Waals surface area contributed by atoms with E-state index in [9.17, 15) is 34.8 Å². The van der Waals surface area contributed by atoms with Gasteiger partial charge in [0.05, 0.1) is 0 Å². The van der Waals surface area contributed by atoms with E-state index in [-0.39, 0.29) is 4.57 Å². The second kappa shape index (κ2) is 4.87. The van der Waals surface area contributed by atoms with Gasteiger partial charge >= 0.3 is 12.4 Å². The highest BCUT2D eigenvalue weighted by Crippen LogP contribution is 2.45. The second-order valence-corrected chi connectivity index (χ2v) is 5.10. The summed E-state index contributed by atoms with van der Waals surface area (Å²) in [6.45, 7) is 0.599. The van der Waals surface area contributed by atoms with Crippen LogP contribution in [-0.2, 0) is 16.6 Å². The fourth-order valence-electron chi connectivity index (χ4n) is 1.50. The van der Waals surface area contributed by atoms with Crippen LogP contribution in [-0.4, -0.2) is 35.5 Å². The largest absolute Gasteiger partial charge is 0.407 e. The zero-order chi connectivity index (χ0) is 15.9. The number of hydrogen-bond acceptors (Lipinski definition) is 4. The summed E-state index contributed by atoms with van der Waals surface area (Å²) < 4.78 is 97.5. The van der Waals surface area contributed by atoms with Gasteiger partial charge < -0.3 is 4.57 Å². The van der Waals surface area contributed by atoms with E-state index in [0.717, 1.165) is 6.92 Å². The van der Waals surface area contributed by atoms with E-state index in [0.29, 0.717) is 0 Å². The summed E-state index contributed by atoms with van der Waals surface area (Å²) >= 11 is 0. The molecule has 2 N–H and O–H groups in total. The molecule has 0 aliphatic rings. The summed E-state index contributed by atoms with van der Waals surface area (Å²) in [5, 5.41) is 9.00. The standard InChI is InChI=1S/C7H8F6N4O2S/c1-2-17-4(15-16-5(17)20(14,18)19)3(6(8,9)10)7(11,12)13/h3H,2H2,1H3,(H2,14,18,19). The van der Waals surface area contributed by atoms with Crippen LogP contribution >= 0.6 is 0 Å². The van der Waals surface area contributed by atoms with Crippen LogP contribution in [0.4, 0.5) is 26.3 Å². The van der Waals surface area contributed by atoms with Crippen LogP contribution in [0.5, 0.6) is 0 Å². The van der Waals surface area contributed by atoms with Crippen LogP contribution in [0, 0.1) is 0 Å². The molecule has 0 fully saturated rings. The predicted molar refractivity (Wildman–Crippen MR) is 51.9 cm³/mol. The zero-order valence-electron chi connectivity index (χ0n) is 9.70. The summed E-state index contributed by atoms with van der Waals surface area (Å²) in [7, 11) is -4.59. The molecule has 0 spiro atoms. The molecule has 0 aliphatic heterocycles. The molecule has 6 nitrogen and oxygen atoms in total. The Kier molecular flexibility index (Phi) is 4.07. The van der Waals surface area contributed by atoms with Crippen molar-refractivity contribution in [3.63, 3.8) is 0 Å². The first-order chi connectivity index (χ1) is 8.80. The normalized spacial score (nSPS) is 14.1. The molecule has 1 heterocycles. The van der Waals surface area contributed by atoms with Gasteiger partial charge in [0.15, 0.2) is 5.82 Å². The number of nitrogens with two attached hydrogens (primary N) is 1. The third kappa shape index (κ3) is 3.20. The molecule has 1 aromatic heterocycles. The van der Waals surface area contributed by atoms with Gasteiger partial charge in [-0.25, -0.2) is 13.6 Å². The molecule has 1 rings (SSSR count). The monoisotopic (exact) mass is 326 g/mol. The lowest BCUT2D eigenvalue weighted by Crippen LogP contribution is -2.36. The molecular weight excluding hydrogens is 318 g/mol. The number of halogens is 6. The van der Waals surface area contributed by atoms with Crippen molar-refractivity contribution in [2.75, 3.05) is 0 Å². The first kappa shape index (κ1) is 16.7. The summed E-state index contributed by atoms with van der Waals surface area (Å²) in [6, 6.07) is 0. The quantitative estimate of drug-likeness (QED) is 0.844. The van der Waals surface area contributed by atoms with Gasteiger partial charge in [-0.3, -0.25) is 0 Å². The van der Waals surface area contributed by atoms with E-state index in [1.807, 2.05) is 0 Å². The molecule has 0 saturated heterocycles. The molecule has 1 aromatic rings. The maximum atomic E-state index is 12.5. The van der Waals surface area contributed by atoms with E-state index in [1.54, 1.807) is 0 Å². The van der Waals surface area contributed by atoms with Gasteiger partial charge in [-0.1, -0.05) is 0 Å². The van der Waals surface area contributed by atoms with Crippen molar-refractivity contribution in [2.45, 2.75) is 36.9 Å². The topological polar surface area (TPSA) is 90.9 Å². The van der Waals surface area contributed by atoms with Crippen LogP contribution in [0.15, 0.2) is 5.16 Å². The molecule has 0 saturated carbocycles. The van der Waals surface area contributed by atoms with Crippen LogP contribution < -0.4 is 5.14 Å². The van der Waals surface area contributed by atoms with Crippen molar-refractivity contribution in [1.29, 1.82) is 0 Å². The van der Waals surface area contributed by atoms with E-state index in [2.05, 4.69) is 15.3 Å². The van der Waals surface area contributed by atoms with Crippen molar-refractivity contribution in [2.24, 2.45) is 5.14 Å². The van der Waals surface area contributed by atoms with Crippen LogP contribution in [0.3, 0.4) is 0 Å². The number of rotatable bonds is 3. The molecule has 0 aromatic carbocycles. The SMILES string of the molecule is CCn1c(C(C(F)(F)F)C(F)(F)F)nnc1S(N)(=O)=O. The average Bonchev–Trinajstić information content (AvgIpc) is 2.55. The first-order valence-corrected chi connectivity index (χ1v) is 6.44. The Morgan fingerprint density at radius 1 is 1.15 bits per heavy atom. The Labute approximate surface area is 108 Å². The van der Waals surface area contributed by atoms with Gasteiger partial charge in [0.25, 0.3) is 15.2 Å². The molecule has 116 valence electrons. The Balaban J connectivity index is 3.56. The van der Waals surface area contributed by atoms with Crippen molar-refractivity contribution >= 4 is 10.0 Å². The first-order valence-electron chi connectivity index (χ1n) is 4.89. The second-order valence-electron chi connectivity index (χ2n) is 3.65. The highest BCUT2D eigenvalue weighted by Gasteiger charge is 2.60. The molecule has 0 unspecified atom stereocenters. The minimum atomic E-state index is -5.70. The van der Waals surface area contributed by atoms with E-state index in [1.165, 1.54) is 0 Å². The van der Waals surface area contributed by atoms with Crippen LogP contribution in [0.1, 0.15) is 18.7 Å². The van der Waals surface area contributed by atoms with E-state index >= 15 is 0 Å². The number of hydrogen-bond donors (Lipinski definition) is 1. The lowest BCUT2D eigenvalue weighted by Gasteiger charge is -2.22. The Hall–Kier alpha value is -1.37. The smallest absolute Gasteiger partial charge is 0.300 e. The summed E-state index contributed by atoms with van der Waals surface area (Å²) in [4.78, 5) is 0. The average molecular weight is 326 g/mol. The zero-order valence-corrected chi connectivity index (χ0v) is 10.5. The van der Waals surface area contributed by atoms with E-state index in [4.69, 9.17) is 0 Å². The van der Waals surface area contributed by atoms with Gasteiger partial charge in [0, 0.05) is 6.54 Å². The van der Waals surface area contributed by atoms with E-state index < -0.39 is 45.8 Å². The van der Waals surface area contributed by atoms with Gasteiger partial charge in [0.1, 0.15) is 0 Å². The van der Waals surface area contributed by atoms with Gasteiger partial charge in [0.2, 0.25) is 5.92 Å². The Bertz CT molecular complexity index is 575. The van der Waals surface area contributed by atoms with Gasteiger partial charge in [-0.2, -0.15) is 26.3 Å². The van der Waals surface area contributed by atoms with Gasteiger partial charge in [-0.15, -0.1) is 10.2 Å². The highest BCUT2D eigenvalue weighted by atomic mass is 32.2. The summed E-state index contributed by atoms with van der Waals surface area (Å²) in [6.07, 6.45) is -11.4. The Morgan fingerprint density at radius 3 is 1.90 bits per heavy atom. The van der Waals surface area contributed by atoms with Crippen LogP contribution in [0.2, 0.25) is 0 Å². The number of aromatic nitrogens is 3. The fourth-order valence-corrected chi connectivity index (χ4v) is 2.18. The Morgan fingerprint density at radius 2 is 1.60 bits per heavy atom. The maximum Gasteiger partial charge on any atom is 0.407 e. The van der Waals surface area contributed by atoms with Gasteiger partial charge in [-0.05, 0) is 6.92 Å². The maximum absolute atomic E-state index is 12.5. The molecule has 0 radical (unpaired) electrons. The number of nitrogens with zero attached hydrogens (tertiary/aromatic N) is 3. The summed E-state index contributed by atoms with van der Waals surface area (Å²) in [5.74, 6) is -5.52. The molecular formula is C7H8F6N4O2S. The van der Waals surface area contributed by atoms with Crippen LogP contribution in [0.25, 0.3) is 0 Å².